The lowest BCUT2D eigenvalue weighted by Gasteiger charge is -2.13. The molecule has 2 N–H and O–H groups in total. The van der Waals surface area contributed by atoms with E-state index in [9.17, 15) is 0 Å². The van der Waals surface area contributed by atoms with Crippen LogP contribution in [0.2, 0.25) is 0 Å². The monoisotopic (exact) mass is 411 g/mol. The molecule has 2 aromatic carbocycles. The molecule has 0 heterocycles. The molecule has 0 bridgehead atoms. The predicted octanol–water partition coefficient (Wildman–Crippen LogP) is 3.96. The fourth-order valence-corrected chi connectivity index (χ4v) is 2.28. The van der Waals surface area contributed by atoms with E-state index in [1.165, 1.54) is 16.3 Å². The Morgan fingerprint density at radius 2 is 1.82 bits per heavy atom. The van der Waals surface area contributed by atoms with Gasteiger partial charge in [-0.1, -0.05) is 42.5 Å². The van der Waals surface area contributed by atoms with Gasteiger partial charge in [-0.15, -0.1) is 24.0 Å². The SMILES string of the molecule is CCNC(=NCCc1ccc2ccccc2c1)NC(C)C.I. The van der Waals surface area contributed by atoms with Gasteiger partial charge in [-0.05, 0) is 43.5 Å². The van der Waals surface area contributed by atoms with Gasteiger partial charge >= 0.3 is 0 Å². The number of benzene rings is 2. The van der Waals surface area contributed by atoms with Gasteiger partial charge in [-0.3, -0.25) is 4.99 Å². The van der Waals surface area contributed by atoms with Gasteiger partial charge < -0.3 is 10.6 Å². The minimum Gasteiger partial charge on any atom is -0.357 e. The summed E-state index contributed by atoms with van der Waals surface area (Å²) in [5.41, 5.74) is 1.33. The van der Waals surface area contributed by atoms with E-state index in [4.69, 9.17) is 0 Å². The molecule has 2 rings (SSSR count). The van der Waals surface area contributed by atoms with Gasteiger partial charge in [-0.2, -0.15) is 0 Å². The summed E-state index contributed by atoms with van der Waals surface area (Å²) in [5, 5.41) is 9.19. The van der Waals surface area contributed by atoms with E-state index in [1.807, 2.05) is 0 Å². The lowest BCUT2D eigenvalue weighted by atomic mass is 10.1. The van der Waals surface area contributed by atoms with E-state index in [-0.39, 0.29) is 24.0 Å². The van der Waals surface area contributed by atoms with Crippen molar-refractivity contribution < 1.29 is 0 Å². The summed E-state index contributed by atoms with van der Waals surface area (Å²) in [6.07, 6.45) is 0.958. The first-order valence-electron chi connectivity index (χ1n) is 7.71. The lowest BCUT2D eigenvalue weighted by Crippen LogP contribution is -2.41. The van der Waals surface area contributed by atoms with Gasteiger partial charge in [0.25, 0.3) is 0 Å². The second kappa shape index (κ2) is 9.66. The average Bonchev–Trinajstić information content (AvgIpc) is 2.47. The first-order valence-corrected chi connectivity index (χ1v) is 7.71. The van der Waals surface area contributed by atoms with Crippen molar-refractivity contribution in [2.24, 2.45) is 4.99 Å². The van der Waals surface area contributed by atoms with Gasteiger partial charge in [-0.25, -0.2) is 0 Å². The number of fused-ring (bicyclic) bond motifs is 1. The summed E-state index contributed by atoms with van der Waals surface area (Å²) < 4.78 is 0. The molecule has 0 aromatic heterocycles. The molecule has 0 saturated heterocycles. The highest BCUT2D eigenvalue weighted by Crippen LogP contribution is 2.15. The van der Waals surface area contributed by atoms with E-state index >= 15 is 0 Å². The highest BCUT2D eigenvalue weighted by atomic mass is 127. The molecule has 0 fully saturated rings. The first kappa shape index (κ1) is 18.7. The molecule has 120 valence electrons. The number of hydrogen-bond acceptors (Lipinski definition) is 1. The molecule has 0 amide bonds. The van der Waals surface area contributed by atoms with Crippen LogP contribution in [0.1, 0.15) is 26.3 Å². The third-order valence-electron chi connectivity index (χ3n) is 3.25. The number of rotatable bonds is 5. The van der Waals surface area contributed by atoms with E-state index in [0.717, 1.165) is 25.5 Å². The average molecular weight is 411 g/mol. The molecule has 4 heteroatoms. The van der Waals surface area contributed by atoms with Gasteiger partial charge in [0.1, 0.15) is 0 Å². The van der Waals surface area contributed by atoms with Gasteiger partial charge in [0.05, 0.1) is 0 Å². The molecule has 0 atom stereocenters. The number of nitrogens with zero attached hydrogens (tertiary/aromatic N) is 1. The van der Waals surface area contributed by atoms with Crippen molar-refractivity contribution in [1.82, 2.24) is 10.6 Å². The van der Waals surface area contributed by atoms with Crippen LogP contribution in [0.5, 0.6) is 0 Å². The van der Waals surface area contributed by atoms with Crippen LogP contribution in [0, 0.1) is 0 Å². The van der Waals surface area contributed by atoms with Crippen molar-refractivity contribution in [3.05, 3.63) is 48.0 Å². The maximum Gasteiger partial charge on any atom is 0.191 e. The molecule has 0 unspecified atom stereocenters. The fraction of sp³-hybridized carbons (Fsp3) is 0.389. The zero-order chi connectivity index (χ0) is 15.1. The summed E-state index contributed by atoms with van der Waals surface area (Å²) >= 11 is 0. The Hall–Kier alpha value is -1.30. The molecule has 0 aliphatic rings. The molecule has 0 radical (unpaired) electrons. The Morgan fingerprint density at radius 3 is 2.50 bits per heavy atom. The topological polar surface area (TPSA) is 36.4 Å². The minimum atomic E-state index is 0. The zero-order valence-corrected chi connectivity index (χ0v) is 15.9. The number of nitrogens with one attached hydrogen (secondary N) is 2. The Balaban J connectivity index is 0.00000242. The number of guanidine groups is 1. The standard InChI is InChI=1S/C18H25N3.HI/c1-4-19-18(21-14(2)3)20-12-11-15-9-10-16-7-5-6-8-17(16)13-15;/h5-10,13-14H,4,11-12H2,1-3H3,(H2,19,20,21);1H. The molecular weight excluding hydrogens is 385 g/mol. The van der Waals surface area contributed by atoms with E-state index in [2.05, 4.69) is 78.9 Å². The smallest absolute Gasteiger partial charge is 0.191 e. The molecular formula is C18H26IN3. The molecule has 0 saturated carbocycles. The summed E-state index contributed by atoms with van der Waals surface area (Å²) in [5.74, 6) is 0.897. The second-order valence-electron chi connectivity index (χ2n) is 5.49. The van der Waals surface area contributed by atoms with Crippen LogP contribution in [-0.4, -0.2) is 25.1 Å². The van der Waals surface area contributed by atoms with Gasteiger partial charge in [0.2, 0.25) is 0 Å². The third-order valence-corrected chi connectivity index (χ3v) is 3.25. The van der Waals surface area contributed by atoms with Crippen molar-refractivity contribution in [3.63, 3.8) is 0 Å². The van der Waals surface area contributed by atoms with Crippen molar-refractivity contribution >= 4 is 40.7 Å². The van der Waals surface area contributed by atoms with Crippen LogP contribution in [0.3, 0.4) is 0 Å². The molecule has 3 nitrogen and oxygen atoms in total. The van der Waals surface area contributed by atoms with E-state index in [1.54, 1.807) is 0 Å². The summed E-state index contributed by atoms with van der Waals surface area (Å²) in [6, 6.07) is 15.5. The van der Waals surface area contributed by atoms with Crippen molar-refractivity contribution in [1.29, 1.82) is 0 Å². The Labute approximate surface area is 150 Å². The van der Waals surface area contributed by atoms with Crippen LogP contribution in [0.4, 0.5) is 0 Å². The van der Waals surface area contributed by atoms with Crippen LogP contribution >= 0.6 is 24.0 Å². The normalized spacial score (nSPS) is 11.4. The molecule has 0 spiro atoms. The Bertz CT molecular complexity index is 608. The number of halogens is 1. The second-order valence-corrected chi connectivity index (χ2v) is 5.49. The van der Waals surface area contributed by atoms with Crippen LogP contribution in [0.15, 0.2) is 47.5 Å². The van der Waals surface area contributed by atoms with E-state index in [0.29, 0.717) is 6.04 Å². The largest absolute Gasteiger partial charge is 0.357 e. The lowest BCUT2D eigenvalue weighted by molar-refractivity contribution is 0.700. The molecule has 22 heavy (non-hydrogen) atoms. The number of hydrogen-bond donors (Lipinski definition) is 2. The van der Waals surface area contributed by atoms with Crippen molar-refractivity contribution in [2.75, 3.05) is 13.1 Å². The van der Waals surface area contributed by atoms with Crippen molar-refractivity contribution in [3.8, 4) is 0 Å². The van der Waals surface area contributed by atoms with Gasteiger partial charge in [0, 0.05) is 19.1 Å². The predicted molar refractivity (Wildman–Crippen MR) is 107 cm³/mol. The molecule has 0 aliphatic carbocycles. The first-order chi connectivity index (χ1) is 10.2. The summed E-state index contributed by atoms with van der Waals surface area (Å²) in [4.78, 5) is 4.62. The quantitative estimate of drug-likeness (QED) is 0.444. The Morgan fingerprint density at radius 1 is 1.09 bits per heavy atom. The van der Waals surface area contributed by atoms with Crippen LogP contribution in [-0.2, 0) is 6.42 Å². The number of aliphatic imine (C=N–C) groups is 1. The maximum absolute atomic E-state index is 4.62. The molecule has 0 aliphatic heterocycles. The summed E-state index contributed by atoms with van der Waals surface area (Å²) in [7, 11) is 0. The van der Waals surface area contributed by atoms with E-state index < -0.39 is 0 Å². The zero-order valence-electron chi connectivity index (χ0n) is 13.6. The highest BCUT2D eigenvalue weighted by molar-refractivity contribution is 14.0. The fourth-order valence-electron chi connectivity index (χ4n) is 2.28. The van der Waals surface area contributed by atoms with Crippen molar-refractivity contribution in [2.45, 2.75) is 33.2 Å². The molecule has 2 aromatic rings. The van der Waals surface area contributed by atoms with Gasteiger partial charge in [0.15, 0.2) is 5.96 Å². The van der Waals surface area contributed by atoms with Crippen LogP contribution < -0.4 is 10.6 Å². The minimum absolute atomic E-state index is 0. The third kappa shape index (κ3) is 5.83. The summed E-state index contributed by atoms with van der Waals surface area (Å²) in [6.45, 7) is 8.00. The maximum atomic E-state index is 4.62. The Kier molecular flexibility index (Phi) is 8.24. The highest BCUT2D eigenvalue weighted by Gasteiger charge is 2.00. The van der Waals surface area contributed by atoms with Crippen LogP contribution in [0.25, 0.3) is 10.8 Å².